The maximum atomic E-state index is 4.40. The number of anilines is 1. The van der Waals surface area contributed by atoms with Crippen molar-refractivity contribution in [1.29, 1.82) is 0 Å². The second kappa shape index (κ2) is 5.94. The molecule has 0 spiro atoms. The van der Waals surface area contributed by atoms with Gasteiger partial charge in [0.25, 0.3) is 0 Å². The van der Waals surface area contributed by atoms with E-state index < -0.39 is 0 Å². The molecule has 0 bridgehead atoms. The lowest BCUT2D eigenvalue weighted by atomic mass is 10.0. The molecule has 1 aromatic carbocycles. The monoisotopic (exact) mass is 287 g/mol. The Bertz CT molecular complexity index is 557. The van der Waals surface area contributed by atoms with Crippen LogP contribution in [0.4, 0.5) is 5.13 Å². The van der Waals surface area contributed by atoms with Crippen LogP contribution in [-0.4, -0.2) is 36.1 Å². The predicted molar refractivity (Wildman–Crippen MR) is 85.5 cm³/mol. The predicted octanol–water partition coefficient (Wildman–Crippen LogP) is 3.08. The van der Waals surface area contributed by atoms with Gasteiger partial charge >= 0.3 is 0 Å². The fraction of sp³-hybridized carbons (Fsp3) is 0.438. The third-order valence-corrected chi connectivity index (χ3v) is 4.79. The number of aryl methyl sites for hydroxylation is 2. The quantitative estimate of drug-likeness (QED) is 0.865. The molecule has 2 heterocycles. The van der Waals surface area contributed by atoms with Crippen LogP contribution < -0.4 is 4.90 Å². The van der Waals surface area contributed by atoms with Crippen LogP contribution in [0, 0.1) is 13.8 Å². The molecule has 0 saturated carbocycles. The number of hydrogen-bond donors (Lipinski definition) is 0. The zero-order valence-electron chi connectivity index (χ0n) is 12.2. The van der Waals surface area contributed by atoms with Crippen LogP contribution >= 0.6 is 11.3 Å². The molecule has 1 saturated heterocycles. The summed E-state index contributed by atoms with van der Waals surface area (Å²) < 4.78 is 0. The molecule has 0 amide bonds. The number of rotatable bonds is 3. The van der Waals surface area contributed by atoms with Crippen molar-refractivity contribution >= 4 is 16.5 Å². The molecule has 1 fully saturated rings. The van der Waals surface area contributed by atoms with Crippen molar-refractivity contribution in [1.82, 2.24) is 9.88 Å². The lowest BCUT2D eigenvalue weighted by molar-refractivity contribution is 0.249. The molecular weight excluding hydrogens is 266 g/mol. The molecule has 1 aliphatic heterocycles. The molecule has 3 nitrogen and oxygen atoms in total. The van der Waals surface area contributed by atoms with Gasteiger partial charge in [0.05, 0.1) is 0 Å². The highest BCUT2D eigenvalue weighted by molar-refractivity contribution is 7.13. The number of nitrogens with zero attached hydrogens (tertiary/aromatic N) is 3. The summed E-state index contributed by atoms with van der Waals surface area (Å²) in [5, 5.41) is 3.22. The molecule has 2 aromatic rings. The van der Waals surface area contributed by atoms with Crippen molar-refractivity contribution in [3.05, 3.63) is 46.5 Å². The highest BCUT2D eigenvalue weighted by Crippen LogP contribution is 2.20. The van der Waals surface area contributed by atoms with E-state index >= 15 is 0 Å². The fourth-order valence-electron chi connectivity index (χ4n) is 2.68. The molecule has 20 heavy (non-hydrogen) atoms. The van der Waals surface area contributed by atoms with E-state index in [1.807, 2.05) is 6.20 Å². The molecule has 0 unspecified atom stereocenters. The van der Waals surface area contributed by atoms with Gasteiger partial charge < -0.3 is 4.90 Å². The SMILES string of the molecule is Cc1ccc(C)c(CN2CCN(c3nccs3)CC2)c1. The Labute approximate surface area is 124 Å². The summed E-state index contributed by atoms with van der Waals surface area (Å²) in [6, 6.07) is 6.75. The van der Waals surface area contributed by atoms with E-state index in [-0.39, 0.29) is 0 Å². The van der Waals surface area contributed by atoms with E-state index in [0.717, 1.165) is 37.9 Å². The Hall–Kier alpha value is -1.39. The lowest BCUT2D eigenvalue weighted by Gasteiger charge is -2.34. The van der Waals surface area contributed by atoms with E-state index in [1.165, 1.54) is 16.7 Å². The van der Waals surface area contributed by atoms with Crippen molar-refractivity contribution in [2.45, 2.75) is 20.4 Å². The van der Waals surface area contributed by atoms with Gasteiger partial charge in [-0.15, -0.1) is 11.3 Å². The first-order valence-corrected chi connectivity index (χ1v) is 8.03. The topological polar surface area (TPSA) is 19.4 Å². The minimum atomic E-state index is 1.07. The minimum absolute atomic E-state index is 1.07. The number of hydrogen-bond acceptors (Lipinski definition) is 4. The first kappa shape index (κ1) is 13.6. The highest BCUT2D eigenvalue weighted by Gasteiger charge is 2.19. The second-order valence-electron chi connectivity index (χ2n) is 5.51. The van der Waals surface area contributed by atoms with E-state index in [2.05, 4.69) is 52.2 Å². The maximum Gasteiger partial charge on any atom is 0.185 e. The van der Waals surface area contributed by atoms with Gasteiger partial charge in [0.15, 0.2) is 5.13 Å². The molecule has 106 valence electrons. The summed E-state index contributed by atoms with van der Waals surface area (Å²) in [6.07, 6.45) is 1.89. The fourth-order valence-corrected chi connectivity index (χ4v) is 3.38. The Morgan fingerprint density at radius 1 is 1.15 bits per heavy atom. The van der Waals surface area contributed by atoms with Crippen molar-refractivity contribution in [3.63, 3.8) is 0 Å². The van der Waals surface area contributed by atoms with Crippen LogP contribution in [-0.2, 0) is 6.54 Å². The first-order chi connectivity index (χ1) is 9.72. The number of aromatic nitrogens is 1. The summed E-state index contributed by atoms with van der Waals surface area (Å²) in [6.45, 7) is 9.85. The number of benzene rings is 1. The zero-order valence-corrected chi connectivity index (χ0v) is 13.0. The van der Waals surface area contributed by atoms with Crippen LogP contribution in [0.25, 0.3) is 0 Å². The Kier molecular flexibility index (Phi) is 4.03. The van der Waals surface area contributed by atoms with Gasteiger partial charge in [0.2, 0.25) is 0 Å². The van der Waals surface area contributed by atoms with Crippen molar-refractivity contribution < 1.29 is 0 Å². The van der Waals surface area contributed by atoms with E-state index in [4.69, 9.17) is 0 Å². The van der Waals surface area contributed by atoms with Crippen molar-refractivity contribution in [2.24, 2.45) is 0 Å². The third-order valence-electron chi connectivity index (χ3n) is 3.96. The smallest absolute Gasteiger partial charge is 0.185 e. The van der Waals surface area contributed by atoms with Gasteiger partial charge in [-0.3, -0.25) is 4.90 Å². The molecule has 1 aromatic heterocycles. The summed E-state index contributed by atoms with van der Waals surface area (Å²) in [5.74, 6) is 0. The molecule has 3 rings (SSSR count). The van der Waals surface area contributed by atoms with Crippen LogP contribution in [0.5, 0.6) is 0 Å². The van der Waals surface area contributed by atoms with Crippen molar-refractivity contribution in [2.75, 3.05) is 31.1 Å². The van der Waals surface area contributed by atoms with Gasteiger partial charge in [-0.1, -0.05) is 23.8 Å². The molecule has 1 aliphatic rings. The minimum Gasteiger partial charge on any atom is -0.346 e. The Morgan fingerprint density at radius 3 is 2.65 bits per heavy atom. The average Bonchev–Trinajstić information content (AvgIpc) is 2.98. The Morgan fingerprint density at radius 2 is 1.95 bits per heavy atom. The van der Waals surface area contributed by atoms with Crippen LogP contribution in [0.3, 0.4) is 0 Å². The van der Waals surface area contributed by atoms with Gasteiger partial charge in [0.1, 0.15) is 0 Å². The van der Waals surface area contributed by atoms with Crippen LogP contribution in [0.15, 0.2) is 29.8 Å². The summed E-state index contributed by atoms with van der Waals surface area (Å²) in [4.78, 5) is 9.34. The largest absolute Gasteiger partial charge is 0.346 e. The van der Waals surface area contributed by atoms with E-state index in [9.17, 15) is 0 Å². The van der Waals surface area contributed by atoms with Gasteiger partial charge in [-0.2, -0.15) is 0 Å². The molecule has 4 heteroatoms. The lowest BCUT2D eigenvalue weighted by Crippen LogP contribution is -2.46. The average molecular weight is 287 g/mol. The van der Waals surface area contributed by atoms with Crippen LogP contribution in [0.1, 0.15) is 16.7 Å². The summed E-state index contributed by atoms with van der Waals surface area (Å²) in [5.41, 5.74) is 4.22. The second-order valence-corrected chi connectivity index (χ2v) is 6.38. The number of piperazine rings is 1. The van der Waals surface area contributed by atoms with Gasteiger partial charge in [-0.05, 0) is 25.0 Å². The van der Waals surface area contributed by atoms with Gasteiger partial charge in [0, 0.05) is 44.3 Å². The van der Waals surface area contributed by atoms with E-state index in [0.29, 0.717) is 0 Å². The van der Waals surface area contributed by atoms with Crippen molar-refractivity contribution in [3.8, 4) is 0 Å². The van der Waals surface area contributed by atoms with Crippen LogP contribution in [0.2, 0.25) is 0 Å². The molecule has 0 atom stereocenters. The zero-order chi connectivity index (χ0) is 13.9. The molecule has 0 N–H and O–H groups in total. The normalized spacial score (nSPS) is 16.6. The molecular formula is C16H21N3S. The summed E-state index contributed by atoms with van der Waals surface area (Å²) >= 11 is 1.74. The third kappa shape index (κ3) is 3.02. The molecule has 0 radical (unpaired) electrons. The van der Waals surface area contributed by atoms with Gasteiger partial charge in [-0.25, -0.2) is 4.98 Å². The highest BCUT2D eigenvalue weighted by atomic mass is 32.1. The first-order valence-electron chi connectivity index (χ1n) is 7.15. The van der Waals surface area contributed by atoms with E-state index in [1.54, 1.807) is 11.3 Å². The summed E-state index contributed by atoms with van der Waals surface area (Å²) in [7, 11) is 0. The molecule has 0 aliphatic carbocycles. The standard InChI is InChI=1S/C16H21N3S/c1-13-3-4-14(2)15(11-13)12-18-6-8-19(9-7-18)16-17-5-10-20-16/h3-5,10-11H,6-9,12H2,1-2H3. The maximum absolute atomic E-state index is 4.40. The number of thiazole rings is 1. The Balaban J connectivity index is 1.60.